The zero-order valence-corrected chi connectivity index (χ0v) is 13.0. The Bertz CT molecular complexity index is 796. The Morgan fingerprint density at radius 1 is 1.26 bits per heavy atom. The summed E-state index contributed by atoms with van der Waals surface area (Å²) in [5.41, 5.74) is 11.6. The van der Waals surface area contributed by atoms with Gasteiger partial charge in [0, 0.05) is 24.5 Å². The number of nitrogens with two attached hydrogens (primary N) is 2. The number of aromatic carboxylic acids is 2. The van der Waals surface area contributed by atoms with Crippen LogP contribution in [0.15, 0.2) is 6.07 Å². The van der Waals surface area contributed by atoms with Crippen molar-refractivity contribution >= 4 is 45.0 Å². The summed E-state index contributed by atoms with van der Waals surface area (Å²) in [6, 6.07) is 1.60. The molecule has 0 amide bonds. The molecular weight excluding hydrogens is 320 g/mol. The zero-order chi connectivity index (χ0) is 16.7. The van der Waals surface area contributed by atoms with Crippen LogP contribution < -0.4 is 16.4 Å². The van der Waals surface area contributed by atoms with Crippen molar-refractivity contribution in [1.82, 2.24) is 4.98 Å². The number of nitrogens with zero attached hydrogens (tertiary/aromatic N) is 2. The number of nitrogen functional groups attached to an aromatic ring is 1. The van der Waals surface area contributed by atoms with Gasteiger partial charge in [0.1, 0.15) is 15.5 Å². The van der Waals surface area contributed by atoms with E-state index in [1.807, 2.05) is 4.90 Å². The molecule has 1 aliphatic rings. The van der Waals surface area contributed by atoms with Gasteiger partial charge in [0.2, 0.25) is 0 Å². The summed E-state index contributed by atoms with van der Waals surface area (Å²) in [4.78, 5) is 29.4. The van der Waals surface area contributed by atoms with E-state index in [4.69, 9.17) is 11.5 Å². The SMILES string of the molecule is Nc1c(C(=O)O)sc2nc(N3CCC(N)CC3)cc(C(=O)O)c12. The first kappa shape index (κ1) is 15.5. The zero-order valence-electron chi connectivity index (χ0n) is 12.2. The lowest BCUT2D eigenvalue weighted by Crippen LogP contribution is -2.40. The molecule has 1 fully saturated rings. The van der Waals surface area contributed by atoms with E-state index in [0.717, 1.165) is 24.2 Å². The molecule has 3 heterocycles. The van der Waals surface area contributed by atoms with Crippen LogP contribution in [0.5, 0.6) is 0 Å². The minimum absolute atomic E-state index is 0.0267. The maximum absolute atomic E-state index is 11.6. The lowest BCUT2D eigenvalue weighted by atomic mass is 10.1. The van der Waals surface area contributed by atoms with E-state index in [0.29, 0.717) is 23.7 Å². The smallest absolute Gasteiger partial charge is 0.348 e. The molecule has 2 aromatic rings. The highest BCUT2D eigenvalue weighted by Gasteiger charge is 2.25. The summed E-state index contributed by atoms with van der Waals surface area (Å²) in [7, 11) is 0. The van der Waals surface area contributed by atoms with E-state index < -0.39 is 11.9 Å². The molecule has 122 valence electrons. The average Bonchev–Trinajstić information content (AvgIpc) is 2.84. The number of rotatable bonds is 3. The normalized spacial score (nSPS) is 16.0. The number of piperidine rings is 1. The van der Waals surface area contributed by atoms with Gasteiger partial charge in [-0.1, -0.05) is 0 Å². The van der Waals surface area contributed by atoms with Crippen molar-refractivity contribution in [2.24, 2.45) is 5.73 Å². The average molecular weight is 336 g/mol. The van der Waals surface area contributed by atoms with E-state index in [9.17, 15) is 19.8 Å². The molecule has 0 radical (unpaired) electrons. The Kier molecular flexibility index (Phi) is 3.82. The number of carboxylic acid groups (broad SMARTS) is 2. The van der Waals surface area contributed by atoms with E-state index in [1.54, 1.807) is 0 Å². The highest BCUT2D eigenvalue weighted by molar-refractivity contribution is 7.21. The van der Waals surface area contributed by atoms with Gasteiger partial charge in [0.05, 0.1) is 11.3 Å². The summed E-state index contributed by atoms with van der Waals surface area (Å²) in [5.74, 6) is -1.83. The first-order valence-corrected chi connectivity index (χ1v) is 7.90. The minimum Gasteiger partial charge on any atom is -0.478 e. The summed E-state index contributed by atoms with van der Waals surface area (Å²) in [6.07, 6.45) is 1.60. The Morgan fingerprint density at radius 3 is 2.48 bits per heavy atom. The lowest BCUT2D eigenvalue weighted by molar-refractivity contribution is 0.0688. The second kappa shape index (κ2) is 5.67. The Morgan fingerprint density at radius 2 is 1.91 bits per heavy atom. The van der Waals surface area contributed by atoms with Crippen LogP contribution in [-0.4, -0.2) is 46.3 Å². The number of thiophene rings is 1. The van der Waals surface area contributed by atoms with Crippen molar-refractivity contribution in [3.05, 3.63) is 16.5 Å². The Labute approximate surface area is 135 Å². The second-order valence-corrected chi connectivity index (χ2v) is 6.49. The Balaban J connectivity index is 2.15. The van der Waals surface area contributed by atoms with Crippen LogP contribution in [0.4, 0.5) is 11.5 Å². The van der Waals surface area contributed by atoms with Gasteiger partial charge in [-0.05, 0) is 18.9 Å². The molecule has 1 saturated heterocycles. The van der Waals surface area contributed by atoms with Gasteiger partial charge in [-0.15, -0.1) is 11.3 Å². The number of pyridine rings is 1. The molecular formula is C14H16N4O4S. The molecule has 0 spiro atoms. The number of fused-ring (bicyclic) bond motifs is 1. The molecule has 2 aromatic heterocycles. The van der Waals surface area contributed by atoms with Crippen LogP contribution in [0.25, 0.3) is 10.2 Å². The van der Waals surface area contributed by atoms with Crippen LogP contribution in [0.1, 0.15) is 32.9 Å². The summed E-state index contributed by atoms with van der Waals surface area (Å²) in [6.45, 7) is 1.37. The van der Waals surface area contributed by atoms with Crippen LogP contribution in [0.3, 0.4) is 0 Å². The van der Waals surface area contributed by atoms with Gasteiger partial charge in [-0.2, -0.15) is 0 Å². The van der Waals surface area contributed by atoms with Crippen molar-refractivity contribution < 1.29 is 19.8 Å². The first-order chi connectivity index (χ1) is 10.9. The molecule has 0 aliphatic carbocycles. The van der Waals surface area contributed by atoms with Crippen LogP contribution in [0.2, 0.25) is 0 Å². The van der Waals surface area contributed by atoms with Gasteiger partial charge < -0.3 is 26.6 Å². The molecule has 0 unspecified atom stereocenters. The topological polar surface area (TPSA) is 143 Å². The van der Waals surface area contributed by atoms with Crippen molar-refractivity contribution in [3.63, 3.8) is 0 Å². The van der Waals surface area contributed by atoms with Gasteiger partial charge in [0.25, 0.3) is 0 Å². The molecule has 6 N–H and O–H groups in total. The third kappa shape index (κ3) is 2.68. The number of anilines is 2. The first-order valence-electron chi connectivity index (χ1n) is 7.08. The van der Waals surface area contributed by atoms with Crippen molar-refractivity contribution in [2.75, 3.05) is 23.7 Å². The number of hydrogen-bond donors (Lipinski definition) is 4. The molecule has 0 bridgehead atoms. The van der Waals surface area contributed by atoms with Gasteiger partial charge in [-0.3, -0.25) is 0 Å². The highest BCUT2D eigenvalue weighted by Crippen LogP contribution is 2.37. The summed E-state index contributed by atoms with van der Waals surface area (Å²) >= 11 is 0.892. The highest BCUT2D eigenvalue weighted by atomic mass is 32.1. The molecule has 9 heteroatoms. The number of hydrogen-bond acceptors (Lipinski definition) is 7. The fourth-order valence-electron chi connectivity index (χ4n) is 2.73. The predicted molar refractivity (Wildman–Crippen MR) is 87.4 cm³/mol. The Hall–Kier alpha value is -2.39. The fourth-order valence-corrected chi connectivity index (χ4v) is 3.68. The monoisotopic (exact) mass is 336 g/mol. The lowest BCUT2D eigenvalue weighted by Gasteiger charge is -2.31. The summed E-state index contributed by atoms with van der Waals surface area (Å²) in [5, 5.41) is 18.8. The molecule has 3 rings (SSSR count). The second-order valence-electron chi connectivity index (χ2n) is 5.49. The third-order valence-corrected chi connectivity index (χ3v) is 5.06. The maximum atomic E-state index is 11.6. The van der Waals surface area contributed by atoms with Crippen molar-refractivity contribution in [3.8, 4) is 0 Å². The minimum atomic E-state index is -1.19. The third-order valence-electron chi connectivity index (χ3n) is 3.97. The molecule has 23 heavy (non-hydrogen) atoms. The number of aromatic nitrogens is 1. The van der Waals surface area contributed by atoms with Crippen LogP contribution >= 0.6 is 11.3 Å². The fraction of sp³-hybridized carbons (Fsp3) is 0.357. The van der Waals surface area contributed by atoms with Crippen molar-refractivity contribution in [1.29, 1.82) is 0 Å². The van der Waals surface area contributed by atoms with E-state index >= 15 is 0 Å². The number of carbonyl (C=O) groups is 2. The molecule has 1 aliphatic heterocycles. The van der Waals surface area contributed by atoms with E-state index in [2.05, 4.69) is 4.98 Å². The molecule has 0 atom stereocenters. The van der Waals surface area contributed by atoms with Crippen molar-refractivity contribution in [2.45, 2.75) is 18.9 Å². The quantitative estimate of drug-likeness (QED) is 0.655. The van der Waals surface area contributed by atoms with Gasteiger partial charge in [0.15, 0.2) is 0 Å². The summed E-state index contributed by atoms with van der Waals surface area (Å²) < 4.78 is 0. The molecule has 0 aromatic carbocycles. The van der Waals surface area contributed by atoms with Gasteiger partial charge >= 0.3 is 11.9 Å². The van der Waals surface area contributed by atoms with E-state index in [1.165, 1.54) is 6.07 Å². The molecule has 0 saturated carbocycles. The van der Waals surface area contributed by atoms with Crippen LogP contribution in [0, 0.1) is 0 Å². The van der Waals surface area contributed by atoms with Gasteiger partial charge in [-0.25, -0.2) is 14.6 Å². The number of carboxylic acids is 2. The predicted octanol–water partition coefficient (Wildman–Crippen LogP) is 1.20. The molecule has 8 nitrogen and oxygen atoms in total. The van der Waals surface area contributed by atoms with Crippen LogP contribution in [-0.2, 0) is 0 Å². The largest absolute Gasteiger partial charge is 0.478 e. The maximum Gasteiger partial charge on any atom is 0.348 e. The van der Waals surface area contributed by atoms with E-state index in [-0.39, 0.29) is 27.6 Å². The standard InChI is InChI=1S/C14H16N4O4S/c15-6-1-3-18(4-2-6)8-5-7(13(19)20)9-10(16)11(14(21)22)23-12(9)17-8/h5-6H,1-4,15-16H2,(H,19,20)(H,21,22).